The van der Waals surface area contributed by atoms with Crippen LogP contribution < -0.4 is 14.8 Å². The van der Waals surface area contributed by atoms with Crippen LogP contribution in [0.1, 0.15) is 5.56 Å². The molecule has 0 bridgehead atoms. The summed E-state index contributed by atoms with van der Waals surface area (Å²) in [5, 5.41) is 11.9. The Morgan fingerprint density at radius 2 is 2.11 bits per heavy atom. The van der Waals surface area contributed by atoms with Gasteiger partial charge in [0, 0.05) is 19.7 Å². The highest BCUT2D eigenvalue weighted by molar-refractivity contribution is 5.72. The minimum absolute atomic E-state index is 0.409. The van der Waals surface area contributed by atoms with E-state index >= 15 is 0 Å². The molecule has 0 aliphatic rings. The molecule has 1 rings (SSSR count). The number of urea groups is 1. The summed E-state index contributed by atoms with van der Waals surface area (Å²) < 4.78 is 10.3. The van der Waals surface area contributed by atoms with Crippen LogP contribution in [-0.2, 0) is 6.42 Å². The maximum absolute atomic E-state index is 11.1. The van der Waals surface area contributed by atoms with Crippen molar-refractivity contribution in [3.63, 3.8) is 0 Å². The number of ether oxygens (including phenoxy) is 2. The first-order chi connectivity index (χ1) is 8.58. The van der Waals surface area contributed by atoms with Crippen molar-refractivity contribution >= 4 is 6.03 Å². The quantitative estimate of drug-likeness (QED) is 0.613. The van der Waals surface area contributed by atoms with Crippen LogP contribution in [0.15, 0.2) is 18.2 Å². The van der Waals surface area contributed by atoms with Gasteiger partial charge >= 0.3 is 6.03 Å². The fourth-order valence-electron chi connectivity index (χ4n) is 1.48. The summed E-state index contributed by atoms with van der Waals surface area (Å²) in [5.74, 6) is 1.43. The number of benzene rings is 1. The van der Waals surface area contributed by atoms with E-state index in [-0.39, 0.29) is 0 Å². The van der Waals surface area contributed by atoms with Crippen molar-refractivity contribution in [1.29, 1.82) is 0 Å². The Morgan fingerprint density at radius 1 is 1.39 bits per heavy atom. The Bertz CT molecular complexity index is 407. The largest absolute Gasteiger partial charge is 0.497 e. The smallest absolute Gasteiger partial charge is 0.340 e. The van der Waals surface area contributed by atoms with Crippen molar-refractivity contribution in [2.75, 3.05) is 27.8 Å². The number of amides is 2. The molecule has 0 spiro atoms. The van der Waals surface area contributed by atoms with E-state index in [0.29, 0.717) is 23.8 Å². The van der Waals surface area contributed by atoms with Gasteiger partial charge in [0.2, 0.25) is 0 Å². The topological polar surface area (TPSA) is 71.0 Å². The molecule has 0 radical (unpaired) electrons. The molecule has 100 valence electrons. The van der Waals surface area contributed by atoms with Gasteiger partial charge in [-0.15, -0.1) is 0 Å². The number of nitrogens with zero attached hydrogens (tertiary/aromatic N) is 1. The molecule has 0 aromatic heterocycles. The lowest BCUT2D eigenvalue weighted by Gasteiger charge is -2.12. The van der Waals surface area contributed by atoms with E-state index in [2.05, 4.69) is 5.32 Å². The Hall–Kier alpha value is -1.95. The summed E-state index contributed by atoms with van der Waals surface area (Å²) in [6.45, 7) is 0.409. The molecule has 6 heteroatoms. The van der Waals surface area contributed by atoms with Crippen LogP contribution >= 0.6 is 0 Å². The number of methoxy groups -OCH3 is 2. The molecule has 0 heterocycles. The third kappa shape index (κ3) is 3.81. The predicted octanol–water partition coefficient (Wildman–Crippen LogP) is 1.28. The van der Waals surface area contributed by atoms with E-state index in [1.165, 1.54) is 7.05 Å². The van der Waals surface area contributed by atoms with E-state index < -0.39 is 6.03 Å². The molecule has 6 nitrogen and oxygen atoms in total. The molecular formula is C12H18N2O4. The summed E-state index contributed by atoms with van der Waals surface area (Å²) >= 11 is 0. The van der Waals surface area contributed by atoms with Gasteiger partial charge < -0.3 is 14.8 Å². The Kier molecular flexibility index (Phi) is 5.26. The van der Waals surface area contributed by atoms with E-state index in [0.717, 1.165) is 11.3 Å². The zero-order valence-corrected chi connectivity index (χ0v) is 10.8. The van der Waals surface area contributed by atoms with Gasteiger partial charge in [0.25, 0.3) is 0 Å². The average Bonchev–Trinajstić information content (AvgIpc) is 2.38. The Morgan fingerprint density at radius 3 is 2.67 bits per heavy atom. The van der Waals surface area contributed by atoms with Gasteiger partial charge in [-0.05, 0) is 18.1 Å². The van der Waals surface area contributed by atoms with E-state index in [4.69, 9.17) is 14.7 Å². The van der Waals surface area contributed by atoms with Crippen LogP contribution in [-0.4, -0.2) is 44.1 Å². The summed E-state index contributed by atoms with van der Waals surface area (Å²) in [5.41, 5.74) is 0.958. The van der Waals surface area contributed by atoms with Crippen LogP contribution in [0.2, 0.25) is 0 Å². The van der Waals surface area contributed by atoms with Crippen LogP contribution in [0.4, 0.5) is 4.79 Å². The second-order valence-corrected chi connectivity index (χ2v) is 3.68. The fourth-order valence-corrected chi connectivity index (χ4v) is 1.48. The lowest BCUT2D eigenvalue weighted by molar-refractivity contribution is -0.0181. The molecule has 2 N–H and O–H groups in total. The molecular weight excluding hydrogens is 236 g/mol. The maximum Gasteiger partial charge on any atom is 0.340 e. The van der Waals surface area contributed by atoms with Crippen molar-refractivity contribution in [1.82, 2.24) is 10.4 Å². The van der Waals surface area contributed by atoms with Crippen molar-refractivity contribution < 1.29 is 19.5 Å². The van der Waals surface area contributed by atoms with Gasteiger partial charge in [-0.2, -0.15) is 0 Å². The number of carbonyl (C=O) groups is 1. The lowest BCUT2D eigenvalue weighted by atomic mass is 10.1. The third-order valence-corrected chi connectivity index (χ3v) is 2.46. The van der Waals surface area contributed by atoms with Gasteiger partial charge in [0.15, 0.2) is 0 Å². The predicted molar refractivity (Wildman–Crippen MR) is 66.2 cm³/mol. The molecule has 0 unspecified atom stereocenters. The summed E-state index contributed by atoms with van der Waals surface area (Å²) in [4.78, 5) is 11.1. The highest BCUT2D eigenvalue weighted by Crippen LogP contribution is 2.24. The van der Waals surface area contributed by atoms with Gasteiger partial charge in [-0.1, -0.05) is 6.07 Å². The molecule has 2 amide bonds. The van der Waals surface area contributed by atoms with Crippen molar-refractivity contribution in [2.24, 2.45) is 0 Å². The van der Waals surface area contributed by atoms with Crippen LogP contribution in [0.25, 0.3) is 0 Å². The molecule has 0 saturated carbocycles. The molecule has 18 heavy (non-hydrogen) atoms. The number of hydrogen-bond donors (Lipinski definition) is 2. The zero-order chi connectivity index (χ0) is 13.5. The minimum atomic E-state index is -0.539. The monoisotopic (exact) mass is 254 g/mol. The summed E-state index contributed by atoms with van der Waals surface area (Å²) in [6.07, 6.45) is 0.604. The second-order valence-electron chi connectivity index (χ2n) is 3.68. The second kappa shape index (κ2) is 6.70. The highest BCUT2D eigenvalue weighted by atomic mass is 16.5. The molecule has 1 aromatic carbocycles. The zero-order valence-electron chi connectivity index (χ0n) is 10.8. The first-order valence-corrected chi connectivity index (χ1v) is 5.49. The fraction of sp³-hybridized carbons (Fsp3) is 0.417. The van der Waals surface area contributed by atoms with Crippen molar-refractivity contribution in [3.05, 3.63) is 23.8 Å². The number of nitrogens with one attached hydrogen (secondary N) is 1. The molecule has 0 aliphatic carbocycles. The van der Waals surface area contributed by atoms with Crippen LogP contribution in [0.3, 0.4) is 0 Å². The van der Waals surface area contributed by atoms with Crippen LogP contribution in [0.5, 0.6) is 11.5 Å². The van der Waals surface area contributed by atoms with Gasteiger partial charge in [-0.25, -0.2) is 9.86 Å². The Labute approximate surface area is 106 Å². The van der Waals surface area contributed by atoms with Crippen molar-refractivity contribution in [3.8, 4) is 11.5 Å². The number of hydrogen-bond acceptors (Lipinski definition) is 4. The Balaban J connectivity index is 2.59. The van der Waals surface area contributed by atoms with E-state index in [1.807, 2.05) is 12.1 Å². The standard InChI is InChI=1S/C12H18N2O4/c1-14(16)12(15)13-7-6-9-4-5-10(17-2)8-11(9)18-3/h4-5,8,16H,6-7H2,1-3H3,(H,13,15). The van der Waals surface area contributed by atoms with E-state index in [1.54, 1.807) is 20.3 Å². The minimum Gasteiger partial charge on any atom is -0.497 e. The molecule has 0 fully saturated rings. The third-order valence-electron chi connectivity index (χ3n) is 2.46. The van der Waals surface area contributed by atoms with E-state index in [9.17, 15) is 4.79 Å². The van der Waals surface area contributed by atoms with Crippen LogP contribution in [0, 0.1) is 0 Å². The SMILES string of the molecule is COc1ccc(CCNC(=O)N(C)O)c(OC)c1. The number of rotatable bonds is 5. The average molecular weight is 254 g/mol. The van der Waals surface area contributed by atoms with Gasteiger partial charge in [0.1, 0.15) is 11.5 Å². The normalized spacial score (nSPS) is 9.78. The summed E-state index contributed by atoms with van der Waals surface area (Å²) in [6, 6.07) is 4.96. The molecule has 0 aliphatic heterocycles. The maximum atomic E-state index is 11.1. The number of carbonyl (C=O) groups excluding carboxylic acids is 1. The first-order valence-electron chi connectivity index (χ1n) is 5.49. The highest BCUT2D eigenvalue weighted by Gasteiger charge is 2.07. The number of hydroxylamine groups is 2. The van der Waals surface area contributed by atoms with Crippen molar-refractivity contribution in [2.45, 2.75) is 6.42 Å². The molecule has 0 saturated heterocycles. The lowest BCUT2D eigenvalue weighted by Crippen LogP contribution is -2.36. The van der Waals surface area contributed by atoms with Gasteiger partial charge in [-0.3, -0.25) is 5.21 Å². The molecule has 1 aromatic rings. The van der Waals surface area contributed by atoms with Gasteiger partial charge in [0.05, 0.1) is 14.2 Å². The molecule has 0 atom stereocenters. The first kappa shape index (κ1) is 14.1. The summed E-state index contributed by atoms with van der Waals surface area (Å²) in [7, 11) is 4.44.